The zero-order valence-corrected chi connectivity index (χ0v) is 13.3. The van der Waals surface area contributed by atoms with Gasteiger partial charge in [0.25, 0.3) is 0 Å². The number of nitrogen functional groups attached to an aromatic ring is 1. The molecule has 0 amide bonds. The van der Waals surface area contributed by atoms with E-state index in [1.54, 1.807) is 12.1 Å². The first-order chi connectivity index (χ1) is 9.88. The average Bonchev–Trinajstić information content (AvgIpc) is 2.47. The van der Waals surface area contributed by atoms with Crippen LogP contribution in [-0.2, 0) is 20.6 Å². The second-order valence-corrected chi connectivity index (χ2v) is 8.75. The number of benzene rings is 1. The van der Waals surface area contributed by atoms with Crippen molar-refractivity contribution in [3.05, 3.63) is 29.8 Å². The van der Waals surface area contributed by atoms with Gasteiger partial charge in [-0.2, -0.15) is 0 Å². The zero-order valence-electron chi connectivity index (χ0n) is 11.6. The maximum atomic E-state index is 12.2. The molecule has 1 aromatic carbocycles. The maximum absolute atomic E-state index is 12.2. The van der Waals surface area contributed by atoms with Crippen LogP contribution in [0.15, 0.2) is 29.2 Å². The lowest BCUT2D eigenvalue weighted by Gasteiger charge is -2.25. The minimum Gasteiger partial charge on any atom is -0.384 e. The van der Waals surface area contributed by atoms with E-state index in [1.807, 2.05) is 4.90 Å². The molecule has 0 aliphatic carbocycles. The predicted molar refractivity (Wildman–Crippen MR) is 83.8 cm³/mol. The molecule has 116 valence electrons. The fourth-order valence-corrected chi connectivity index (χ4v) is 4.52. The Balaban J connectivity index is 1.98. The molecule has 0 unspecified atom stereocenters. The summed E-state index contributed by atoms with van der Waals surface area (Å²) >= 11 is 0. The molecule has 1 aliphatic heterocycles. The highest BCUT2D eigenvalue weighted by molar-refractivity contribution is 7.91. The first-order valence-electron chi connectivity index (χ1n) is 6.63. The Hall–Kier alpha value is -1.25. The topological polar surface area (TPSA) is 104 Å². The molecular formula is C13H19N3O3S2. The number of hydrogen-bond donors (Lipinski definition) is 2. The van der Waals surface area contributed by atoms with Crippen LogP contribution in [0.2, 0.25) is 0 Å². The van der Waals surface area contributed by atoms with E-state index in [4.69, 9.17) is 11.1 Å². The van der Waals surface area contributed by atoms with Gasteiger partial charge in [0.1, 0.15) is 5.84 Å². The van der Waals surface area contributed by atoms with Crippen LogP contribution >= 0.6 is 0 Å². The highest BCUT2D eigenvalue weighted by atomic mass is 32.2. The second kappa shape index (κ2) is 6.67. The van der Waals surface area contributed by atoms with Crippen LogP contribution in [0.25, 0.3) is 0 Å². The lowest BCUT2D eigenvalue weighted by molar-refractivity contribution is 0.317. The van der Waals surface area contributed by atoms with Crippen molar-refractivity contribution in [2.75, 3.05) is 36.9 Å². The highest BCUT2D eigenvalue weighted by Gasteiger charge is 2.19. The summed E-state index contributed by atoms with van der Waals surface area (Å²) < 4.78 is 35.8. The summed E-state index contributed by atoms with van der Waals surface area (Å²) in [6, 6.07) is 6.05. The smallest absolute Gasteiger partial charge is 0.179 e. The predicted octanol–water partition coefficient (Wildman–Crippen LogP) is -0.191. The van der Waals surface area contributed by atoms with Gasteiger partial charge in [-0.1, -0.05) is 12.1 Å². The molecule has 0 saturated carbocycles. The normalized spacial score (nSPS) is 17.7. The summed E-state index contributed by atoms with van der Waals surface area (Å²) in [6.45, 7) is 1.82. The quantitative estimate of drug-likeness (QED) is 0.575. The Bertz CT molecular complexity index is 631. The van der Waals surface area contributed by atoms with Crippen LogP contribution in [0.1, 0.15) is 5.56 Å². The largest absolute Gasteiger partial charge is 0.384 e. The van der Waals surface area contributed by atoms with E-state index in [0.29, 0.717) is 36.7 Å². The summed E-state index contributed by atoms with van der Waals surface area (Å²) in [5.74, 6) is 1.19. The van der Waals surface area contributed by atoms with Crippen molar-refractivity contribution in [2.45, 2.75) is 4.90 Å². The van der Waals surface area contributed by atoms with Gasteiger partial charge >= 0.3 is 0 Å². The summed E-state index contributed by atoms with van der Waals surface area (Å²) in [5.41, 5.74) is 5.85. The lowest BCUT2D eigenvalue weighted by atomic mass is 10.2. The van der Waals surface area contributed by atoms with Crippen LogP contribution in [0.3, 0.4) is 0 Å². The number of nitrogens with one attached hydrogen (secondary N) is 1. The van der Waals surface area contributed by atoms with E-state index in [0.717, 1.165) is 0 Å². The Labute approximate surface area is 127 Å². The van der Waals surface area contributed by atoms with Gasteiger partial charge in [0, 0.05) is 47.5 Å². The number of hydrogen-bond acceptors (Lipinski definition) is 5. The third kappa shape index (κ3) is 4.36. The van der Waals surface area contributed by atoms with Gasteiger partial charge < -0.3 is 10.6 Å². The van der Waals surface area contributed by atoms with Crippen LogP contribution in [0.4, 0.5) is 0 Å². The number of nitrogens with zero attached hydrogens (tertiary/aromatic N) is 1. The van der Waals surface area contributed by atoms with Crippen molar-refractivity contribution in [1.29, 1.82) is 5.41 Å². The molecule has 6 nitrogen and oxygen atoms in total. The average molecular weight is 329 g/mol. The minimum atomic E-state index is -3.34. The summed E-state index contributed by atoms with van der Waals surface area (Å²) in [7, 11) is -4.10. The Morgan fingerprint density at radius 2 is 1.81 bits per heavy atom. The van der Waals surface area contributed by atoms with E-state index in [1.165, 1.54) is 12.1 Å². The molecule has 0 spiro atoms. The van der Waals surface area contributed by atoms with Gasteiger partial charge in [0.05, 0.1) is 10.6 Å². The molecule has 1 saturated heterocycles. The molecule has 21 heavy (non-hydrogen) atoms. The van der Waals surface area contributed by atoms with Crippen LogP contribution in [0.5, 0.6) is 0 Å². The Kier molecular flexibility index (Phi) is 5.13. The fraction of sp³-hybridized carbons (Fsp3) is 0.462. The Morgan fingerprint density at radius 1 is 1.24 bits per heavy atom. The number of amidine groups is 1. The summed E-state index contributed by atoms with van der Waals surface area (Å²) in [5, 5.41) is 7.29. The molecule has 0 bridgehead atoms. The number of sulfone groups is 1. The van der Waals surface area contributed by atoms with E-state index < -0.39 is 20.6 Å². The van der Waals surface area contributed by atoms with Gasteiger partial charge in [0.15, 0.2) is 9.84 Å². The molecule has 3 N–H and O–H groups in total. The van der Waals surface area contributed by atoms with E-state index in [2.05, 4.69) is 0 Å². The molecule has 1 heterocycles. The Morgan fingerprint density at radius 3 is 2.33 bits per heavy atom. The molecule has 1 aromatic rings. The van der Waals surface area contributed by atoms with Crippen LogP contribution in [0, 0.1) is 5.41 Å². The molecule has 1 fully saturated rings. The van der Waals surface area contributed by atoms with Gasteiger partial charge in [-0.15, -0.1) is 0 Å². The van der Waals surface area contributed by atoms with Crippen LogP contribution in [-0.4, -0.2) is 60.3 Å². The van der Waals surface area contributed by atoms with E-state index in [9.17, 15) is 12.6 Å². The first kappa shape index (κ1) is 16.1. The molecule has 8 heteroatoms. The summed E-state index contributed by atoms with van der Waals surface area (Å²) in [6.07, 6.45) is 0. The van der Waals surface area contributed by atoms with Crippen LogP contribution < -0.4 is 5.73 Å². The van der Waals surface area contributed by atoms with Crippen molar-refractivity contribution in [2.24, 2.45) is 5.73 Å². The van der Waals surface area contributed by atoms with Crippen molar-refractivity contribution >= 4 is 26.5 Å². The monoisotopic (exact) mass is 329 g/mol. The van der Waals surface area contributed by atoms with Gasteiger partial charge in [-0.25, -0.2) is 8.42 Å². The highest BCUT2D eigenvalue weighted by Crippen LogP contribution is 2.13. The maximum Gasteiger partial charge on any atom is 0.179 e. The van der Waals surface area contributed by atoms with Crippen molar-refractivity contribution in [3.63, 3.8) is 0 Å². The number of rotatable bonds is 5. The molecular weight excluding hydrogens is 310 g/mol. The third-order valence-electron chi connectivity index (χ3n) is 3.47. The van der Waals surface area contributed by atoms with Crippen molar-refractivity contribution in [3.8, 4) is 0 Å². The second-order valence-electron chi connectivity index (χ2n) is 4.95. The first-order valence-corrected chi connectivity index (χ1v) is 9.77. The summed E-state index contributed by atoms with van der Waals surface area (Å²) in [4.78, 5) is 2.27. The van der Waals surface area contributed by atoms with E-state index in [-0.39, 0.29) is 16.5 Å². The number of nitrogens with two attached hydrogens (primary N) is 1. The molecule has 0 aromatic heterocycles. The van der Waals surface area contributed by atoms with Crippen molar-refractivity contribution in [1.82, 2.24) is 4.90 Å². The standard InChI is InChI=1S/C13H19N3O3S2/c14-13(15)11-1-3-12(4-2-11)21(18,19)10-7-16-5-8-20(17)9-6-16/h1-4H,5-10H2,(H3,14,15). The lowest BCUT2D eigenvalue weighted by Crippen LogP contribution is -2.40. The fourth-order valence-electron chi connectivity index (χ4n) is 2.11. The van der Waals surface area contributed by atoms with Gasteiger partial charge in [0.2, 0.25) is 0 Å². The zero-order chi connectivity index (χ0) is 15.5. The minimum absolute atomic E-state index is 0.0407. The SMILES string of the molecule is N=C(N)c1ccc(S(=O)(=O)CCN2CCS(=O)CC2)cc1. The third-order valence-corrected chi connectivity index (χ3v) is 6.46. The molecule has 0 atom stereocenters. The van der Waals surface area contributed by atoms with E-state index >= 15 is 0 Å². The molecule has 2 rings (SSSR count). The molecule has 0 radical (unpaired) electrons. The molecule has 1 aliphatic rings. The van der Waals surface area contributed by atoms with Gasteiger partial charge in [-0.3, -0.25) is 9.62 Å². The van der Waals surface area contributed by atoms with Crippen molar-refractivity contribution < 1.29 is 12.6 Å². The van der Waals surface area contributed by atoms with Gasteiger partial charge in [-0.05, 0) is 12.1 Å².